The number of hydrogen-bond acceptors (Lipinski definition) is 5. The SMILES string of the molecule is CC(=O)N(C#N)N=Cc1c(C)n([O-])c2ccccc2[n+]1=O. The third kappa shape index (κ3) is 2.44. The first kappa shape index (κ1) is 14.2. The number of hydrogen-bond donors (Lipinski definition) is 0. The molecule has 106 valence electrons. The summed E-state index contributed by atoms with van der Waals surface area (Å²) in [6.45, 7) is 2.62. The Morgan fingerprint density at radius 1 is 1.52 bits per heavy atom. The van der Waals surface area contributed by atoms with Crippen LogP contribution in [0.5, 0.6) is 0 Å². The van der Waals surface area contributed by atoms with Gasteiger partial charge in [0.15, 0.2) is 0 Å². The summed E-state index contributed by atoms with van der Waals surface area (Å²) in [5.41, 5.74) is 0.482. The Morgan fingerprint density at radius 2 is 2.19 bits per heavy atom. The van der Waals surface area contributed by atoms with E-state index < -0.39 is 5.91 Å². The third-order valence-corrected chi connectivity index (χ3v) is 2.90. The van der Waals surface area contributed by atoms with Crippen molar-refractivity contribution in [1.29, 1.82) is 5.26 Å². The van der Waals surface area contributed by atoms with Gasteiger partial charge in [0.2, 0.25) is 6.19 Å². The molecule has 1 aromatic carbocycles. The Kier molecular flexibility index (Phi) is 3.67. The second-order valence-corrected chi connectivity index (χ2v) is 4.22. The van der Waals surface area contributed by atoms with E-state index in [1.165, 1.54) is 19.1 Å². The minimum Gasteiger partial charge on any atom is -0.805 e. The van der Waals surface area contributed by atoms with Crippen molar-refractivity contribution < 1.29 is 9.22 Å². The minimum atomic E-state index is -0.598. The number of aromatic nitrogens is 2. The zero-order valence-electron chi connectivity index (χ0n) is 11.3. The van der Waals surface area contributed by atoms with Crippen molar-refractivity contribution in [2.75, 3.05) is 0 Å². The summed E-state index contributed by atoms with van der Waals surface area (Å²) in [5, 5.41) is 25.0. The fraction of sp³-hybridized carbons (Fsp3) is 0.154. The first-order chi connectivity index (χ1) is 9.97. The van der Waals surface area contributed by atoms with Gasteiger partial charge in [0, 0.05) is 17.9 Å². The fourth-order valence-electron chi connectivity index (χ4n) is 1.80. The molecule has 0 bridgehead atoms. The molecule has 0 radical (unpaired) electrons. The molecular weight excluding hydrogens is 274 g/mol. The summed E-state index contributed by atoms with van der Waals surface area (Å²) in [6, 6.07) is 6.31. The number of hydrazone groups is 1. The molecule has 0 spiro atoms. The number of carbonyl (C=O) groups excluding carboxylic acids is 1. The molecule has 0 aliphatic heterocycles. The highest BCUT2D eigenvalue weighted by molar-refractivity contribution is 5.82. The molecule has 2 rings (SSSR count). The summed E-state index contributed by atoms with van der Waals surface area (Å²) >= 11 is 0. The van der Waals surface area contributed by atoms with E-state index >= 15 is 0 Å². The molecule has 1 aromatic heterocycles. The van der Waals surface area contributed by atoms with Gasteiger partial charge in [-0.1, -0.05) is 12.1 Å². The van der Waals surface area contributed by atoms with Crippen LogP contribution in [0.1, 0.15) is 18.3 Å². The van der Waals surface area contributed by atoms with E-state index in [-0.39, 0.29) is 22.4 Å². The highest BCUT2D eigenvalue weighted by Gasteiger charge is 2.18. The number of benzene rings is 1. The number of nitriles is 1. The zero-order chi connectivity index (χ0) is 15.6. The Morgan fingerprint density at radius 3 is 2.81 bits per heavy atom. The van der Waals surface area contributed by atoms with Crippen molar-refractivity contribution in [2.24, 2.45) is 5.10 Å². The van der Waals surface area contributed by atoms with Crippen LogP contribution in [0.4, 0.5) is 0 Å². The third-order valence-electron chi connectivity index (χ3n) is 2.90. The normalized spacial score (nSPS) is 10.7. The molecule has 0 unspecified atom stereocenters. The Bertz CT molecular complexity index is 847. The highest BCUT2D eigenvalue weighted by Crippen LogP contribution is 2.12. The maximum Gasteiger partial charge on any atom is 0.302 e. The summed E-state index contributed by atoms with van der Waals surface area (Å²) < 4.78 is 1.15. The van der Waals surface area contributed by atoms with Crippen LogP contribution in [0, 0.1) is 28.5 Å². The van der Waals surface area contributed by atoms with Crippen LogP contribution in [0.3, 0.4) is 0 Å². The number of para-hydroxylation sites is 2. The molecule has 0 aliphatic rings. The van der Waals surface area contributed by atoms with E-state index in [2.05, 4.69) is 5.10 Å². The topological polar surface area (TPSA) is 107 Å². The molecule has 0 saturated carbocycles. The molecule has 8 nitrogen and oxygen atoms in total. The molecule has 0 fully saturated rings. The van der Waals surface area contributed by atoms with Gasteiger partial charge in [-0.05, 0) is 13.0 Å². The standard InChI is InChI=1S/C13H11N5O3/c1-9-13(7-15-16(8-14)10(2)19)18(21)12-6-4-3-5-11(12)17(9)20/h3-7H,1-2H3. The monoisotopic (exact) mass is 285 g/mol. The second-order valence-electron chi connectivity index (χ2n) is 4.22. The van der Waals surface area contributed by atoms with E-state index in [1.807, 2.05) is 0 Å². The van der Waals surface area contributed by atoms with Crippen molar-refractivity contribution in [3.05, 3.63) is 45.8 Å². The number of fused-ring (bicyclic) bond motifs is 1. The van der Waals surface area contributed by atoms with Gasteiger partial charge in [-0.15, -0.1) is 5.01 Å². The predicted octanol–water partition coefficient (Wildman–Crippen LogP) is 0.874. The molecule has 0 aliphatic carbocycles. The summed E-state index contributed by atoms with van der Waals surface area (Å²) in [6.07, 6.45) is 2.57. The van der Waals surface area contributed by atoms with E-state index in [0.717, 1.165) is 13.1 Å². The van der Waals surface area contributed by atoms with E-state index in [1.54, 1.807) is 18.3 Å². The van der Waals surface area contributed by atoms with Crippen molar-refractivity contribution in [3.8, 4) is 6.19 Å². The maximum atomic E-state index is 12.3. The molecule has 8 heteroatoms. The average molecular weight is 285 g/mol. The van der Waals surface area contributed by atoms with Crippen LogP contribution in [-0.2, 0) is 4.79 Å². The Balaban J connectivity index is 2.66. The molecule has 1 heterocycles. The van der Waals surface area contributed by atoms with Gasteiger partial charge in [-0.2, -0.15) is 10.4 Å². The van der Waals surface area contributed by atoms with Crippen LogP contribution in [0.25, 0.3) is 11.0 Å². The maximum absolute atomic E-state index is 12.3. The number of nitrogens with zero attached hydrogens (tertiary/aromatic N) is 5. The molecule has 2 aromatic rings. The quantitative estimate of drug-likeness (QED) is 0.268. The van der Waals surface area contributed by atoms with Crippen LogP contribution in [0.15, 0.2) is 29.4 Å². The molecule has 0 N–H and O–H groups in total. The fourth-order valence-corrected chi connectivity index (χ4v) is 1.80. The lowest BCUT2D eigenvalue weighted by Gasteiger charge is -2.15. The van der Waals surface area contributed by atoms with Crippen molar-refractivity contribution in [3.63, 3.8) is 0 Å². The van der Waals surface area contributed by atoms with Gasteiger partial charge in [-0.3, -0.25) is 4.79 Å². The van der Waals surface area contributed by atoms with Crippen molar-refractivity contribution in [2.45, 2.75) is 13.8 Å². The number of amides is 1. The second kappa shape index (κ2) is 5.42. The van der Waals surface area contributed by atoms with Gasteiger partial charge in [0.1, 0.15) is 11.7 Å². The number of rotatable bonds is 2. The summed E-state index contributed by atoms with van der Waals surface area (Å²) in [7, 11) is 0. The van der Waals surface area contributed by atoms with Crippen LogP contribution in [0.2, 0.25) is 0 Å². The van der Waals surface area contributed by atoms with Crippen LogP contribution in [-0.4, -0.2) is 21.9 Å². The van der Waals surface area contributed by atoms with Crippen molar-refractivity contribution in [1.82, 2.24) is 9.74 Å². The largest absolute Gasteiger partial charge is 0.805 e. The van der Waals surface area contributed by atoms with E-state index in [4.69, 9.17) is 5.26 Å². The Labute approximate surface area is 119 Å². The van der Waals surface area contributed by atoms with Crippen molar-refractivity contribution >= 4 is 23.2 Å². The van der Waals surface area contributed by atoms with Gasteiger partial charge in [0.25, 0.3) is 11.4 Å². The highest BCUT2D eigenvalue weighted by atomic mass is 16.5. The van der Waals surface area contributed by atoms with E-state index in [9.17, 15) is 14.9 Å². The summed E-state index contributed by atoms with van der Waals surface area (Å²) in [4.78, 5) is 23.3. The molecule has 1 amide bonds. The number of carbonyl (C=O) groups is 1. The minimum absolute atomic E-state index is 0.0369. The van der Waals surface area contributed by atoms with Gasteiger partial charge in [-0.25, -0.2) is 0 Å². The van der Waals surface area contributed by atoms with Crippen LogP contribution >= 0.6 is 0 Å². The summed E-state index contributed by atoms with van der Waals surface area (Å²) in [5.74, 6) is -0.598. The lowest BCUT2D eigenvalue weighted by Crippen LogP contribution is -2.27. The molecule has 0 atom stereocenters. The molecule has 21 heavy (non-hydrogen) atoms. The molecule has 0 saturated heterocycles. The Hall–Kier alpha value is -3.21. The lowest BCUT2D eigenvalue weighted by molar-refractivity contribution is -0.466. The van der Waals surface area contributed by atoms with Gasteiger partial charge >= 0.3 is 5.69 Å². The zero-order valence-corrected chi connectivity index (χ0v) is 11.3. The average Bonchev–Trinajstić information content (AvgIpc) is 2.48. The lowest BCUT2D eigenvalue weighted by atomic mass is 10.2. The smallest absolute Gasteiger partial charge is 0.302 e. The van der Waals surface area contributed by atoms with Crippen LogP contribution < -0.4 is 4.43 Å². The van der Waals surface area contributed by atoms with Gasteiger partial charge < -0.3 is 9.94 Å². The predicted molar refractivity (Wildman–Crippen MR) is 74.5 cm³/mol. The van der Waals surface area contributed by atoms with Gasteiger partial charge in [0.05, 0.1) is 10.1 Å². The van der Waals surface area contributed by atoms with E-state index in [0.29, 0.717) is 14.2 Å². The first-order valence-electron chi connectivity index (χ1n) is 5.96. The molecular formula is C13H11N5O3. The first-order valence-corrected chi connectivity index (χ1v) is 5.96.